The van der Waals surface area contributed by atoms with Crippen LogP contribution in [0.3, 0.4) is 0 Å². The molecule has 0 radical (unpaired) electrons. The van der Waals surface area contributed by atoms with E-state index < -0.39 is 6.10 Å². The predicted octanol–water partition coefficient (Wildman–Crippen LogP) is 2.46. The Balaban J connectivity index is 2.77. The van der Waals surface area contributed by atoms with E-state index in [9.17, 15) is 5.11 Å². The van der Waals surface area contributed by atoms with Crippen molar-refractivity contribution in [1.29, 1.82) is 5.26 Å². The van der Waals surface area contributed by atoms with Crippen LogP contribution in [0.2, 0.25) is 0 Å². The van der Waals surface area contributed by atoms with Crippen LogP contribution < -0.4 is 0 Å². The first-order valence-corrected chi connectivity index (χ1v) is 4.71. The van der Waals surface area contributed by atoms with Crippen LogP contribution in [0.15, 0.2) is 15.9 Å². The van der Waals surface area contributed by atoms with Crippen molar-refractivity contribution in [3.05, 3.63) is 20.8 Å². The zero-order valence-corrected chi connectivity index (χ0v) is 8.02. The molecule has 11 heavy (non-hydrogen) atoms. The van der Waals surface area contributed by atoms with Gasteiger partial charge in [-0.25, -0.2) is 0 Å². The van der Waals surface area contributed by atoms with Crippen molar-refractivity contribution in [3.8, 4) is 6.07 Å². The van der Waals surface area contributed by atoms with Crippen molar-refractivity contribution in [2.75, 3.05) is 0 Å². The normalized spacial score (nSPS) is 12.5. The largest absolute Gasteiger partial charge is 0.386 e. The lowest BCUT2D eigenvalue weighted by atomic mass is 10.2. The lowest BCUT2D eigenvalue weighted by Crippen LogP contribution is -1.92. The molecular formula is C7H6BrNOS. The smallest absolute Gasteiger partial charge is 0.102 e. The molecule has 0 saturated heterocycles. The van der Waals surface area contributed by atoms with Crippen LogP contribution in [0.25, 0.3) is 0 Å². The van der Waals surface area contributed by atoms with Gasteiger partial charge in [0.05, 0.1) is 12.5 Å². The lowest BCUT2D eigenvalue weighted by molar-refractivity contribution is 0.186. The summed E-state index contributed by atoms with van der Waals surface area (Å²) < 4.78 is 0.880. The van der Waals surface area contributed by atoms with E-state index in [1.807, 2.05) is 17.5 Å². The molecule has 0 aromatic carbocycles. The molecule has 1 atom stereocenters. The Hall–Kier alpha value is -0.370. The van der Waals surface area contributed by atoms with Gasteiger partial charge in [0.25, 0.3) is 0 Å². The van der Waals surface area contributed by atoms with Crippen LogP contribution in [0.4, 0.5) is 0 Å². The molecule has 1 rings (SSSR count). The highest BCUT2D eigenvalue weighted by Gasteiger charge is 2.11. The van der Waals surface area contributed by atoms with Crippen LogP contribution in [-0.4, -0.2) is 5.11 Å². The summed E-state index contributed by atoms with van der Waals surface area (Å²) >= 11 is 4.73. The molecule has 0 aliphatic rings. The maximum atomic E-state index is 9.35. The summed E-state index contributed by atoms with van der Waals surface area (Å²) in [5.41, 5.74) is 0. The Morgan fingerprint density at radius 3 is 3.00 bits per heavy atom. The van der Waals surface area contributed by atoms with E-state index in [0.717, 1.165) is 9.35 Å². The minimum Gasteiger partial charge on any atom is -0.386 e. The van der Waals surface area contributed by atoms with Crippen molar-refractivity contribution in [1.82, 2.24) is 0 Å². The highest BCUT2D eigenvalue weighted by atomic mass is 79.9. The molecule has 0 fully saturated rings. The summed E-state index contributed by atoms with van der Waals surface area (Å²) in [6, 6.07) is 3.78. The minimum absolute atomic E-state index is 0.152. The van der Waals surface area contributed by atoms with Crippen LogP contribution in [0.5, 0.6) is 0 Å². The predicted molar refractivity (Wildman–Crippen MR) is 47.2 cm³/mol. The number of nitrogens with zero attached hydrogens (tertiary/aromatic N) is 1. The number of hydrogen-bond acceptors (Lipinski definition) is 3. The number of nitriles is 1. The second kappa shape index (κ2) is 3.86. The van der Waals surface area contributed by atoms with Crippen LogP contribution in [0.1, 0.15) is 17.4 Å². The van der Waals surface area contributed by atoms with Crippen molar-refractivity contribution in [3.63, 3.8) is 0 Å². The molecule has 2 nitrogen and oxygen atoms in total. The average Bonchev–Trinajstić information content (AvgIpc) is 2.36. The highest BCUT2D eigenvalue weighted by Crippen LogP contribution is 2.30. The molecule has 0 aliphatic heterocycles. The van der Waals surface area contributed by atoms with E-state index in [2.05, 4.69) is 15.9 Å². The average molecular weight is 232 g/mol. The van der Waals surface area contributed by atoms with Crippen molar-refractivity contribution < 1.29 is 5.11 Å². The minimum atomic E-state index is -0.644. The van der Waals surface area contributed by atoms with Gasteiger partial charge in [-0.15, -0.1) is 11.3 Å². The number of halogens is 1. The summed E-state index contributed by atoms with van der Waals surface area (Å²) in [6.45, 7) is 0. The van der Waals surface area contributed by atoms with E-state index in [-0.39, 0.29) is 6.42 Å². The molecule has 1 aromatic heterocycles. The number of aliphatic hydroxyl groups is 1. The van der Waals surface area contributed by atoms with Crippen molar-refractivity contribution >= 4 is 27.3 Å². The standard InChI is InChI=1S/C7H6BrNOS/c8-5-2-4-11-7(5)6(10)1-3-9/h2,4,6,10H,1H2. The third kappa shape index (κ3) is 2.03. The SMILES string of the molecule is N#CCC(O)c1sccc1Br. The summed E-state index contributed by atoms with van der Waals surface area (Å²) in [5, 5.41) is 19.5. The second-order valence-corrected chi connectivity index (χ2v) is 3.81. The Labute approximate surface area is 77.2 Å². The number of thiophene rings is 1. The molecule has 0 saturated carbocycles. The molecule has 58 valence electrons. The van der Waals surface area contributed by atoms with E-state index in [4.69, 9.17) is 5.26 Å². The molecule has 0 aliphatic carbocycles. The van der Waals surface area contributed by atoms with Gasteiger partial charge in [-0.05, 0) is 27.4 Å². The first-order chi connectivity index (χ1) is 5.25. The summed E-state index contributed by atoms with van der Waals surface area (Å²) in [7, 11) is 0. The summed E-state index contributed by atoms with van der Waals surface area (Å²) in [6.07, 6.45) is -0.492. The number of rotatable bonds is 2. The van der Waals surface area contributed by atoms with E-state index in [0.29, 0.717) is 0 Å². The van der Waals surface area contributed by atoms with Gasteiger partial charge in [0.1, 0.15) is 6.10 Å². The zero-order valence-electron chi connectivity index (χ0n) is 5.62. The maximum Gasteiger partial charge on any atom is 0.102 e. The van der Waals surface area contributed by atoms with Crippen LogP contribution in [-0.2, 0) is 0 Å². The van der Waals surface area contributed by atoms with Gasteiger partial charge < -0.3 is 5.11 Å². The fraction of sp³-hybridized carbons (Fsp3) is 0.286. The van der Waals surface area contributed by atoms with E-state index in [1.54, 1.807) is 0 Å². The van der Waals surface area contributed by atoms with Crippen LogP contribution >= 0.6 is 27.3 Å². The van der Waals surface area contributed by atoms with Gasteiger partial charge in [0.2, 0.25) is 0 Å². The van der Waals surface area contributed by atoms with Gasteiger partial charge >= 0.3 is 0 Å². The van der Waals surface area contributed by atoms with Gasteiger partial charge in [0, 0.05) is 9.35 Å². The lowest BCUT2D eigenvalue weighted by Gasteiger charge is -2.02. The Bertz CT molecular complexity index is 278. The van der Waals surface area contributed by atoms with Gasteiger partial charge in [-0.3, -0.25) is 0 Å². The van der Waals surface area contributed by atoms with Crippen molar-refractivity contribution in [2.45, 2.75) is 12.5 Å². The fourth-order valence-electron chi connectivity index (χ4n) is 0.722. The van der Waals surface area contributed by atoms with Gasteiger partial charge in [-0.1, -0.05) is 0 Å². The zero-order chi connectivity index (χ0) is 8.27. The molecule has 0 amide bonds. The first-order valence-electron chi connectivity index (χ1n) is 3.03. The molecular weight excluding hydrogens is 226 g/mol. The topological polar surface area (TPSA) is 44.0 Å². The highest BCUT2D eigenvalue weighted by molar-refractivity contribution is 9.10. The quantitative estimate of drug-likeness (QED) is 0.851. The molecule has 1 heterocycles. The monoisotopic (exact) mass is 231 g/mol. The molecule has 4 heteroatoms. The van der Waals surface area contributed by atoms with E-state index >= 15 is 0 Å². The first kappa shape index (κ1) is 8.72. The Morgan fingerprint density at radius 1 is 1.82 bits per heavy atom. The molecule has 1 N–H and O–H groups in total. The van der Waals surface area contributed by atoms with Crippen molar-refractivity contribution in [2.24, 2.45) is 0 Å². The van der Waals surface area contributed by atoms with E-state index in [1.165, 1.54) is 11.3 Å². The number of hydrogen-bond donors (Lipinski definition) is 1. The number of aliphatic hydroxyl groups excluding tert-OH is 1. The van der Waals surface area contributed by atoms with Gasteiger partial charge in [-0.2, -0.15) is 5.26 Å². The van der Waals surface area contributed by atoms with Crippen LogP contribution in [0, 0.1) is 11.3 Å². The maximum absolute atomic E-state index is 9.35. The summed E-state index contributed by atoms with van der Waals surface area (Å²) in [5.74, 6) is 0. The summed E-state index contributed by atoms with van der Waals surface area (Å²) in [4.78, 5) is 0.826. The molecule has 0 spiro atoms. The molecule has 1 aromatic rings. The Morgan fingerprint density at radius 2 is 2.55 bits per heavy atom. The Kier molecular flexibility index (Phi) is 3.06. The fourth-order valence-corrected chi connectivity index (χ4v) is 2.35. The van der Waals surface area contributed by atoms with Gasteiger partial charge in [0.15, 0.2) is 0 Å². The third-order valence-corrected chi connectivity index (χ3v) is 3.20. The third-order valence-electron chi connectivity index (χ3n) is 1.23. The second-order valence-electron chi connectivity index (χ2n) is 2.01. The molecule has 0 bridgehead atoms. The molecule has 1 unspecified atom stereocenters.